The minimum Gasteiger partial charge on any atom is -0.478 e. The highest BCUT2D eigenvalue weighted by molar-refractivity contribution is 5.37. The van der Waals surface area contributed by atoms with E-state index < -0.39 is 0 Å². The summed E-state index contributed by atoms with van der Waals surface area (Å²) in [6.45, 7) is 11.2. The Labute approximate surface area is 128 Å². The second-order valence-corrected chi connectivity index (χ2v) is 5.72. The van der Waals surface area contributed by atoms with Gasteiger partial charge in [0, 0.05) is 36.9 Å². The maximum Gasteiger partial charge on any atom is 0.229 e. The second-order valence-electron chi connectivity index (χ2n) is 5.72. The summed E-state index contributed by atoms with van der Waals surface area (Å²) in [7, 11) is 0. The van der Waals surface area contributed by atoms with Gasteiger partial charge in [0.1, 0.15) is 0 Å². The van der Waals surface area contributed by atoms with E-state index in [1.165, 1.54) is 0 Å². The fraction of sp³-hybridized carbons (Fsp3) is 0.750. The van der Waals surface area contributed by atoms with Gasteiger partial charge in [-0.05, 0) is 26.2 Å². The Morgan fingerprint density at radius 3 is 2.76 bits per heavy atom. The second kappa shape index (κ2) is 7.59. The van der Waals surface area contributed by atoms with Crippen molar-refractivity contribution in [1.82, 2.24) is 15.3 Å². The molecule has 5 heteroatoms. The van der Waals surface area contributed by atoms with E-state index in [4.69, 9.17) is 4.74 Å². The number of aryl methyl sites for hydroxylation is 1. The van der Waals surface area contributed by atoms with Gasteiger partial charge in [-0.25, -0.2) is 4.98 Å². The summed E-state index contributed by atoms with van der Waals surface area (Å²) in [5, 5.41) is 3.60. The van der Waals surface area contributed by atoms with E-state index in [2.05, 4.69) is 41.0 Å². The number of ether oxygens (including phenoxy) is 1. The fourth-order valence-corrected chi connectivity index (χ4v) is 2.68. The van der Waals surface area contributed by atoms with E-state index in [1.54, 1.807) is 0 Å². The SMILES string of the molecule is CCCOc1cc(C)nc(N2CC(CC)NCC2CC)n1. The molecular weight excluding hydrogens is 264 g/mol. The Hall–Kier alpha value is -1.36. The van der Waals surface area contributed by atoms with E-state index in [0.717, 1.165) is 44.0 Å². The molecule has 1 aromatic rings. The van der Waals surface area contributed by atoms with Crippen LogP contribution in [-0.2, 0) is 0 Å². The largest absolute Gasteiger partial charge is 0.478 e. The molecule has 2 rings (SSSR count). The number of rotatable bonds is 6. The molecule has 0 aliphatic carbocycles. The van der Waals surface area contributed by atoms with Gasteiger partial charge in [0.15, 0.2) is 0 Å². The molecule has 5 nitrogen and oxygen atoms in total. The molecule has 1 saturated heterocycles. The van der Waals surface area contributed by atoms with E-state index in [0.29, 0.717) is 24.6 Å². The zero-order valence-corrected chi connectivity index (χ0v) is 13.7. The molecule has 0 aromatic carbocycles. The highest BCUT2D eigenvalue weighted by atomic mass is 16.5. The molecule has 1 aliphatic heterocycles. The quantitative estimate of drug-likeness (QED) is 0.873. The van der Waals surface area contributed by atoms with Gasteiger partial charge in [-0.15, -0.1) is 0 Å². The average molecular weight is 292 g/mol. The van der Waals surface area contributed by atoms with Crippen LogP contribution in [0.5, 0.6) is 5.88 Å². The summed E-state index contributed by atoms with van der Waals surface area (Å²) < 4.78 is 5.70. The van der Waals surface area contributed by atoms with Crippen LogP contribution in [0.2, 0.25) is 0 Å². The first kappa shape index (κ1) is 16.0. The predicted molar refractivity (Wildman–Crippen MR) is 86.1 cm³/mol. The number of hydrogen-bond donors (Lipinski definition) is 1. The third-order valence-corrected chi connectivity index (χ3v) is 3.99. The van der Waals surface area contributed by atoms with Crippen LogP contribution in [0.15, 0.2) is 6.07 Å². The molecule has 0 saturated carbocycles. The van der Waals surface area contributed by atoms with E-state index in [-0.39, 0.29) is 0 Å². The number of aromatic nitrogens is 2. The van der Waals surface area contributed by atoms with Gasteiger partial charge in [0.2, 0.25) is 11.8 Å². The third kappa shape index (κ3) is 4.06. The topological polar surface area (TPSA) is 50.3 Å². The van der Waals surface area contributed by atoms with Crippen molar-refractivity contribution in [2.75, 3.05) is 24.6 Å². The molecule has 2 heterocycles. The first-order valence-electron chi connectivity index (χ1n) is 8.16. The van der Waals surface area contributed by atoms with Crippen molar-refractivity contribution in [1.29, 1.82) is 0 Å². The van der Waals surface area contributed by atoms with Gasteiger partial charge in [-0.1, -0.05) is 20.8 Å². The average Bonchev–Trinajstić information content (AvgIpc) is 2.51. The number of nitrogens with one attached hydrogen (secondary N) is 1. The third-order valence-electron chi connectivity index (χ3n) is 3.99. The van der Waals surface area contributed by atoms with E-state index >= 15 is 0 Å². The van der Waals surface area contributed by atoms with E-state index in [1.807, 2.05) is 13.0 Å². The highest BCUT2D eigenvalue weighted by Crippen LogP contribution is 2.21. The molecule has 1 aliphatic rings. The van der Waals surface area contributed by atoms with Crippen molar-refractivity contribution in [2.45, 2.75) is 59.0 Å². The zero-order valence-electron chi connectivity index (χ0n) is 13.7. The minimum atomic E-state index is 0.452. The molecular formula is C16H28N4O. The summed E-state index contributed by atoms with van der Waals surface area (Å²) >= 11 is 0. The van der Waals surface area contributed by atoms with Gasteiger partial charge in [0.25, 0.3) is 0 Å². The molecule has 0 amide bonds. The Kier molecular flexibility index (Phi) is 5.79. The maximum atomic E-state index is 5.70. The molecule has 1 N–H and O–H groups in total. The fourth-order valence-electron chi connectivity index (χ4n) is 2.68. The standard InChI is InChI=1S/C16H28N4O/c1-5-8-21-15-9-12(4)18-16(19-15)20-11-13(6-2)17-10-14(20)7-3/h9,13-14,17H,5-8,10-11H2,1-4H3. The summed E-state index contributed by atoms with van der Waals surface area (Å²) in [6.07, 6.45) is 3.20. The van der Waals surface area contributed by atoms with Crippen LogP contribution in [0.3, 0.4) is 0 Å². The monoisotopic (exact) mass is 292 g/mol. The molecule has 1 fully saturated rings. The Balaban J connectivity index is 2.22. The number of piperazine rings is 1. The van der Waals surface area contributed by atoms with Crippen molar-refractivity contribution < 1.29 is 4.74 Å². The van der Waals surface area contributed by atoms with Gasteiger partial charge < -0.3 is 15.0 Å². The summed E-state index contributed by atoms with van der Waals surface area (Å²) in [5.74, 6) is 1.51. The number of anilines is 1. The first-order valence-corrected chi connectivity index (χ1v) is 8.16. The van der Waals surface area contributed by atoms with Crippen LogP contribution < -0.4 is 15.0 Å². The Morgan fingerprint density at radius 1 is 1.29 bits per heavy atom. The lowest BCUT2D eigenvalue weighted by molar-refractivity contribution is 0.303. The molecule has 0 spiro atoms. The van der Waals surface area contributed by atoms with Crippen LogP contribution in [0, 0.1) is 6.92 Å². The summed E-state index contributed by atoms with van der Waals surface area (Å²) in [6, 6.07) is 2.88. The van der Waals surface area contributed by atoms with E-state index in [9.17, 15) is 0 Å². The lowest BCUT2D eigenvalue weighted by Crippen LogP contribution is -2.56. The highest BCUT2D eigenvalue weighted by Gasteiger charge is 2.28. The number of hydrogen-bond acceptors (Lipinski definition) is 5. The molecule has 21 heavy (non-hydrogen) atoms. The molecule has 0 bridgehead atoms. The minimum absolute atomic E-state index is 0.452. The predicted octanol–water partition coefficient (Wildman–Crippen LogP) is 2.54. The number of nitrogens with zero attached hydrogens (tertiary/aromatic N) is 3. The molecule has 0 radical (unpaired) electrons. The normalized spacial score (nSPS) is 22.4. The summed E-state index contributed by atoms with van der Waals surface area (Å²) in [4.78, 5) is 11.6. The lowest BCUT2D eigenvalue weighted by Gasteiger charge is -2.40. The smallest absolute Gasteiger partial charge is 0.229 e. The van der Waals surface area contributed by atoms with Crippen LogP contribution >= 0.6 is 0 Å². The molecule has 118 valence electrons. The van der Waals surface area contributed by atoms with Crippen LogP contribution in [0.4, 0.5) is 5.95 Å². The molecule has 2 unspecified atom stereocenters. The maximum absolute atomic E-state index is 5.70. The van der Waals surface area contributed by atoms with Crippen LogP contribution in [0.1, 0.15) is 45.7 Å². The Morgan fingerprint density at radius 2 is 2.10 bits per heavy atom. The van der Waals surface area contributed by atoms with Crippen molar-refractivity contribution >= 4 is 5.95 Å². The van der Waals surface area contributed by atoms with Crippen molar-refractivity contribution in [3.05, 3.63) is 11.8 Å². The van der Waals surface area contributed by atoms with Crippen LogP contribution in [-0.4, -0.2) is 41.7 Å². The van der Waals surface area contributed by atoms with Gasteiger partial charge >= 0.3 is 0 Å². The summed E-state index contributed by atoms with van der Waals surface area (Å²) in [5.41, 5.74) is 0.965. The molecule has 1 aromatic heterocycles. The van der Waals surface area contributed by atoms with Gasteiger partial charge in [0.05, 0.1) is 6.61 Å². The van der Waals surface area contributed by atoms with Crippen LogP contribution in [0.25, 0.3) is 0 Å². The zero-order chi connectivity index (χ0) is 15.2. The molecule has 2 atom stereocenters. The van der Waals surface area contributed by atoms with Gasteiger partial charge in [-0.3, -0.25) is 0 Å². The van der Waals surface area contributed by atoms with Crippen molar-refractivity contribution in [3.63, 3.8) is 0 Å². The van der Waals surface area contributed by atoms with Crippen molar-refractivity contribution in [3.8, 4) is 5.88 Å². The Bertz CT molecular complexity index is 452. The lowest BCUT2D eigenvalue weighted by atomic mass is 10.1. The van der Waals surface area contributed by atoms with Gasteiger partial charge in [-0.2, -0.15) is 4.98 Å². The van der Waals surface area contributed by atoms with Crippen molar-refractivity contribution in [2.24, 2.45) is 0 Å². The first-order chi connectivity index (χ1) is 10.2.